The smallest absolute Gasteiger partial charge is 0.339 e. The molecule has 0 aliphatic rings. The summed E-state index contributed by atoms with van der Waals surface area (Å²) in [6.45, 7) is 0. The van der Waals surface area contributed by atoms with Crippen LogP contribution < -0.4 is 10.6 Å². The van der Waals surface area contributed by atoms with Crippen molar-refractivity contribution in [1.29, 1.82) is 0 Å². The molecule has 0 fully saturated rings. The molecule has 25 heavy (non-hydrogen) atoms. The summed E-state index contributed by atoms with van der Waals surface area (Å²) in [6.07, 6.45) is -0.633. The number of ether oxygens (including phenoxy) is 1. The summed E-state index contributed by atoms with van der Waals surface area (Å²) in [7, 11) is 1.32. The van der Waals surface area contributed by atoms with E-state index in [2.05, 4.69) is 58.4 Å². The number of esters is 1. The topological polar surface area (TPSA) is 67.4 Å². The van der Waals surface area contributed by atoms with Crippen molar-refractivity contribution in [3.63, 3.8) is 0 Å². The number of benzene rings is 2. The van der Waals surface area contributed by atoms with Crippen LogP contribution in [0.25, 0.3) is 0 Å². The number of carbonyl (C=O) groups is 2. The normalized spacial score (nSPS) is 12.2. The number of hydrogen-bond acceptors (Lipinski definition) is 4. The summed E-state index contributed by atoms with van der Waals surface area (Å²) >= 11 is 10.3. The fourth-order valence-corrected chi connectivity index (χ4v) is 2.74. The van der Waals surface area contributed by atoms with Crippen molar-refractivity contribution in [3.05, 3.63) is 65.7 Å². The molecule has 0 aliphatic heterocycles. The van der Waals surface area contributed by atoms with Gasteiger partial charge in [0.2, 0.25) is 0 Å². The molecule has 1 amide bonds. The van der Waals surface area contributed by atoms with Gasteiger partial charge in [-0.05, 0) is 24.3 Å². The van der Waals surface area contributed by atoms with E-state index in [1.807, 2.05) is 6.07 Å². The first-order chi connectivity index (χ1) is 11.8. The van der Waals surface area contributed by atoms with Crippen LogP contribution in [0.3, 0.4) is 0 Å². The number of nitrogens with one attached hydrogen (secondary N) is 2. The molecule has 2 aromatic carbocycles. The molecule has 2 rings (SSSR count). The number of carbonyl (C=O) groups excluding carboxylic acids is 2. The largest absolute Gasteiger partial charge is 0.465 e. The monoisotopic (exact) mass is 532 g/mol. The highest BCUT2D eigenvalue weighted by Crippen LogP contribution is 2.38. The molecular formula is C17H15Br3N2O3. The van der Waals surface area contributed by atoms with E-state index in [0.717, 1.165) is 0 Å². The highest BCUT2D eigenvalue weighted by atomic mass is 80.0. The lowest BCUT2D eigenvalue weighted by Gasteiger charge is -2.29. The van der Waals surface area contributed by atoms with Crippen LogP contribution in [0.15, 0.2) is 54.6 Å². The Morgan fingerprint density at radius 2 is 1.60 bits per heavy atom. The lowest BCUT2D eigenvalue weighted by molar-refractivity contribution is 0.0601. The van der Waals surface area contributed by atoms with Crippen LogP contribution in [0.2, 0.25) is 0 Å². The minimum atomic E-state index is -0.847. The maximum absolute atomic E-state index is 12.5. The molecule has 0 spiro atoms. The number of rotatable bonds is 5. The molecule has 0 bridgehead atoms. The Kier molecular flexibility index (Phi) is 7.04. The van der Waals surface area contributed by atoms with Gasteiger partial charge in [0.25, 0.3) is 5.91 Å². The van der Waals surface area contributed by atoms with Crippen molar-refractivity contribution in [3.8, 4) is 0 Å². The zero-order valence-corrected chi connectivity index (χ0v) is 17.9. The Morgan fingerprint density at radius 3 is 2.20 bits per heavy atom. The minimum Gasteiger partial charge on any atom is -0.465 e. The number of halogens is 3. The van der Waals surface area contributed by atoms with Gasteiger partial charge in [-0.3, -0.25) is 4.79 Å². The van der Waals surface area contributed by atoms with Crippen LogP contribution in [0, 0.1) is 0 Å². The van der Waals surface area contributed by atoms with Gasteiger partial charge < -0.3 is 15.4 Å². The summed E-state index contributed by atoms with van der Waals surface area (Å²) < 4.78 is 3.95. The Hall–Kier alpha value is -1.38. The molecule has 0 saturated heterocycles. The van der Waals surface area contributed by atoms with E-state index < -0.39 is 14.3 Å². The number of hydrogen-bond donors (Lipinski definition) is 2. The molecule has 0 aromatic heterocycles. The lowest BCUT2D eigenvalue weighted by atomic mass is 10.1. The predicted octanol–water partition coefficient (Wildman–Crippen LogP) is 4.48. The first-order valence-corrected chi connectivity index (χ1v) is 9.57. The second-order valence-corrected chi connectivity index (χ2v) is 11.9. The van der Waals surface area contributed by atoms with E-state index in [4.69, 9.17) is 4.74 Å². The highest BCUT2D eigenvalue weighted by molar-refractivity contribution is 9.39. The summed E-state index contributed by atoms with van der Waals surface area (Å²) in [4.78, 5) is 24.4. The molecule has 0 heterocycles. The summed E-state index contributed by atoms with van der Waals surface area (Å²) in [5.74, 6) is -0.739. The van der Waals surface area contributed by atoms with Crippen molar-refractivity contribution in [2.75, 3.05) is 12.4 Å². The van der Waals surface area contributed by atoms with Gasteiger partial charge in [0.15, 0.2) is 2.14 Å². The van der Waals surface area contributed by atoms with E-state index in [9.17, 15) is 9.59 Å². The zero-order valence-electron chi connectivity index (χ0n) is 13.1. The second-order valence-electron chi connectivity index (χ2n) is 5.00. The molecule has 5 nitrogen and oxygen atoms in total. The van der Waals surface area contributed by atoms with Crippen LogP contribution in [-0.2, 0) is 4.74 Å². The average Bonchev–Trinajstić information content (AvgIpc) is 2.60. The zero-order chi connectivity index (χ0) is 18.4. The van der Waals surface area contributed by atoms with Crippen molar-refractivity contribution in [2.24, 2.45) is 0 Å². The fourth-order valence-electron chi connectivity index (χ4n) is 2.06. The number of amides is 1. The molecule has 0 saturated carbocycles. The number of alkyl halides is 3. The van der Waals surface area contributed by atoms with Crippen molar-refractivity contribution in [2.45, 2.75) is 8.31 Å². The standard InChI is InChI=1S/C17H15Br3N2O3/c1-25-15(24)12-9-5-6-10-13(12)21-16(17(18,19)20)22-14(23)11-7-3-2-4-8-11/h2-10,16,21H,1H3,(H,22,23). The third-order valence-electron chi connectivity index (χ3n) is 3.27. The Labute approximate surface area is 170 Å². The third-order valence-corrected chi connectivity index (χ3v) is 4.64. The SMILES string of the molecule is COC(=O)c1ccccc1NC(NC(=O)c1ccccc1)C(Br)(Br)Br. The Morgan fingerprint density at radius 1 is 1.00 bits per heavy atom. The van der Waals surface area contributed by atoms with Gasteiger partial charge in [-0.1, -0.05) is 78.1 Å². The molecule has 0 radical (unpaired) electrons. The fraction of sp³-hybridized carbons (Fsp3) is 0.176. The van der Waals surface area contributed by atoms with Gasteiger partial charge in [0.1, 0.15) is 6.17 Å². The molecular weight excluding hydrogens is 520 g/mol. The van der Waals surface area contributed by atoms with Gasteiger partial charge >= 0.3 is 5.97 Å². The molecule has 1 atom stereocenters. The van der Waals surface area contributed by atoms with Gasteiger partial charge in [-0.15, -0.1) is 0 Å². The van der Waals surface area contributed by atoms with E-state index >= 15 is 0 Å². The van der Waals surface area contributed by atoms with Crippen LogP contribution >= 0.6 is 47.8 Å². The van der Waals surface area contributed by atoms with E-state index in [-0.39, 0.29) is 5.91 Å². The van der Waals surface area contributed by atoms with E-state index in [0.29, 0.717) is 16.8 Å². The maximum atomic E-state index is 12.5. The second kappa shape index (κ2) is 8.82. The maximum Gasteiger partial charge on any atom is 0.339 e. The third kappa shape index (κ3) is 5.55. The van der Waals surface area contributed by atoms with Crippen molar-refractivity contribution < 1.29 is 14.3 Å². The van der Waals surface area contributed by atoms with Crippen LogP contribution in [0.1, 0.15) is 20.7 Å². The van der Waals surface area contributed by atoms with Gasteiger partial charge in [0, 0.05) is 5.56 Å². The summed E-state index contributed by atoms with van der Waals surface area (Å²) in [5.41, 5.74) is 1.41. The van der Waals surface area contributed by atoms with Gasteiger partial charge in [-0.25, -0.2) is 4.79 Å². The quantitative estimate of drug-likeness (QED) is 0.337. The summed E-state index contributed by atoms with van der Waals surface area (Å²) in [5, 5.41) is 5.99. The number of methoxy groups -OCH3 is 1. The first kappa shape index (κ1) is 19.9. The van der Waals surface area contributed by atoms with Crippen LogP contribution in [-0.4, -0.2) is 27.3 Å². The van der Waals surface area contributed by atoms with Crippen molar-refractivity contribution >= 4 is 65.4 Å². The number of para-hydroxylation sites is 1. The van der Waals surface area contributed by atoms with Crippen LogP contribution in [0.4, 0.5) is 5.69 Å². The highest BCUT2D eigenvalue weighted by Gasteiger charge is 2.33. The molecule has 8 heteroatoms. The molecule has 1 unspecified atom stereocenters. The molecule has 2 aromatic rings. The molecule has 2 N–H and O–H groups in total. The average molecular weight is 535 g/mol. The summed E-state index contributed by atoms with van der Waals surface area (Å²) in [6, 6.07) is 15.7. The first-order valence-electron chi connectivity index (χ1n) is 7.19. The van der Waals surface area contributed by atoms with E-state index in [1.165, 1.54) is 7.11 Å². The van der Waals surface area contributed by atoms with Crippen LogP contribution in [0.5, 0.6) is 0 Å². The van der Waals surface area contributed by atoms with Gasteiger partial charge in [0.05, 0.1) is 18.4 Å². The lowest BCUT2D eigenvalue weighted by Crippen LogP contribution is -2.48. The molecule has 0 aliphatic carbocycles. The number of anilines is 1. The van der Waals surface area contributed by atoms with Crippen molar-refractivity contribution in [1.82, 2.24) is 5.32 Å². The molecule has 132 valence electrons. The minimum absolute atomic E-state index is 0.267. The Balaban J connectivity index is 2.25. The van der Waals surface area contributed by atoms with Gasteiger partial charge in [-0.2, -0.15) is 0 Å². The Bertz CT molecular complexity index is 748. The van der Waals surface area contributed by atoms with E-state index in [1.54, 1.807) is 48.5 Å². The predicted molar refractivity (Wildman–Crippen MR) is 109 cm³/mol.